The van der Waals surface area contributed by atoms with Crippen molar-refractivity contribution in [2.75, 3.05) is 41.8 Å². The number of unbranched alkanes of at least 4 members (excludes halogenated alkanes) is 2. The van der Waals surface area contributed by atoms with Crippen molar-refractivity contribution in [2.45, 2.75) is 314 Å². The Morgan fingerprint density at radius 3 is 1.11 bits per heavy atom. The topological polar surface area (TPSA) is 124 Å². The summed E-state index contributed by atoms with van der Waals surface area (Å²) < 4.78 is 0. The molecule has 3 aliphatic carbocycles. The van der Waals surface area contributed by atoms with E-state index in [2.05, 4.69) is 114 Å². The molecule has 6 aliphatic rings. The summed E-state index contributed by atoms with van der Waals surface area (Å²) in [6.07, 6.45) is 32.9. The van der Waals surface area contributed by atoms with Crippen LogP contribution in [0.2, 0.25) is 0 Å². The van der Waals surface area contributed by atoms with E-state index in [4.69, 9.17) is 29.5 Å². The van der Waals surface area contributed by atoms with E-state index in [9.17, 15) is 5.11 Å². The predicted octanol–water partition coefficient (Wildman–Crippen LogP) is 13.2. The lowest BCUT2D eigenvalue weighted by Crippen LogP contribution is -2.65. The van der Waals surface area contributed by atoms with Gasteiger partial charge in [0.15, 0.2) is 0 Å². The van der Waals surface area contributed by atoms with Gasteiger partial charge < -0.3 is 20.6 Å². The Hall–Kier alpha value is -1.87. The number of hydrogen-bond acceptors (Lipinski definition) is 13. The number of hydrogen-bond donors (Lipinski definition) is 3. The molecular formula is C58H107N9O4. The first-order chi connectivity index (χ1) is 33.6. The van der Waals surface area contributed by atoms with Gasteiger partial charge in [-0.05, 0) is 185 Å². The molecule has 3 saturated carbocycles. The molecule has 4 heterocycles. The number of aliphatic hydroxyl groups excluding tert-OH is 1. The van der Waals surface area contributed by atoms with Gasteiger partial charge in [0.2, 0.25) is 17.8 Å². The van der Waals surface area contributed by atoms with Crippen LogP contribution in [0.4, 0.5) is 17.8 Å². The maximum Gasteiger partial charge on any atom is 0.232 e. The second kappa shape index (κ2) is 24.4. The molecule has 0 spiro atoms. The van der Waals surface area contributed by atoms with E-state index in [1.165, 1.54) is 96.3 Å². The van der Waals surface area contributed by atoms with Gasteiger partial charge in [-0.15, -0.1) is 0 Å². The van der Waals surface area contributed by atoms with Crippen LogP contribution < -0.4 is 15.5 Å². The quantitative estimate of drug-likeness (QED) is 0.0956. The van der Waals surface area contributed by atoms with Crippen molar-refractivity contribution in [1.82, 2.24) is 30.1 Å². The van der Waals surface area contributed by atoms with Crippen molar-refractivity contribution < 1.29 is 19.6 Å². The lowest BCUT2D eigenvalue weighted by Gasteiger charge is -2.56. The fraction of sp³-hybridized carbons (Fsp3) is 0.948. The van der Waals surface area contributed by atoms with Gasteiger partial charge in [-0.3, -0.25) is 14.5 Å². The van der Waals surface area contributed by atoms with Crippen LogP contribution in [-0.2, 0) is 14.5 Å². The highest BCUT2D eigenvalue weighted by Crippen LogP contribution is 2.47. The number of nitrogens with zero attached hydrogens (tertiary/aromatic N) is 7. The first-order valence-corrected chi connectivity index (χ1v) is 29.6. The lowest BCUT2D eigenvalue weighted by atomic mass is 9.73. The molecule has 1 aromatic rings. The molecule has 13 heteroatoms. The second-order valence-electron chi connectivity index (χ2n) is 27.5. The zero-order chi connectivity index (χ0) is 51.1. The molecule has 6 fully saturated rings. The zero-order valence-corrected chi connectivity index (χ0v) is 47.7. The molecule has 13 nitrogen and oxygen atoms in total. The van der Waals surface area contributed by atoms with Crippen LogP contribution in [0.15, 0.2) is 0 Å². The number of aliphatic hydroxyl groups is 1. The van der Waals surface area contributed by atoms with Crippen molar-refractivity contribution in [3.63, 3.8) is 0 Å². The van der Waals surface area contributed by atoms with Crippen molar-refractivity contribution in [3.05, 3.63) is 0 Å². The third kappa shape index (κ3) is 15.4. The fourth-order valence-corrected chi connectivity index (χ4v) is 15.3. The van der Waals surface area contributed by atoms with Gasteiger partial charge in [0.1, 0.15) is 0 Å². The van der Waals surface area contributed by atoms with Gasteiger partial charge in [-0.2, -0.15) is 30.1 Å². The van der Waals surface area contributed by atoms with E-state index in [1.54, 1.807) is 0 Å². The molecule has 0 radical (unpaired) electrons. The standard InChI is InChI=1S/C58H107N9O4/c1-53(2)38-44(39-54(3,4)65(53)69-47-28-16-13-17-29-47)26-22-24-34-59-50-61-51(60-35-25-23-27-45-40-55(5,6)66(56(7,8)41-45)70-48-30-18-14-19-31-48)63-52(62-50)64(36-37-68)46-42-57(9,10)67(58(11,12)43-46)71-49-32-20-15-21-33-49/h44-49,68H,13-43H2,1-12H3,(H2,59,60,61,62,63). The largest absolute Gasteiger partial charge is 0.395 e. The van der Waals surface area contributed by atoms with Gasteiger partial charge in [-0.1, -0.05) is 83.5 Å². The average molecular weight is 995 g/mol. The summed E-state index contributed by atoms with van der Waals surface area (Å²) in [4.78, 5) is 38.1. The number of rotatable bonds is 22. The number of nitrogens with one attached hydrogen (secondary N) is 2. The molecule has 0 bridgehead atoms. The Morgan fingerprint density at radius 1 is 0.465 bits per heavy atom. The van der Waals surface area contributed by atoms with Gasteiger partial charge in [0.25, 0.3) is 0 Å². The Bertz CT molecular complexity index is 1630. The highest BCUT2D eigenvalue weighted by Gasteiger charge is 2.51. The number of piperidine rings is 3. The van der Waals surface area contributed by atoms with Crippen LogP contribution in [0.3, 0.4) is 0 Å². The van der Waals surface area contributed by atoms with E-state index >= 15 is 0 Å². The summed E-state index contributed by atoms with van der Waals surface area (Å²) in [6, 6.07) is 0.113. The third-order valence-corrected chi connectivity index (χ3v) is 17.6. The summed E-state index contributed by atoms with van der Waals surface area (Å²) >= 11 is 0. The fourth-order valence-electron chi connectivity index (χ4n) is 15.3. The first kappa shape index (κ1) is 56.8. The van der Waals surface area contributed by atoms with Crippen molar-refractivity contribution in [3.8, 4) is 0 Å². The number of aromatic nitrogens is 3. The Balaban J connectivity index is 0.983. The molecule has 71 heavy (non-hydrogen) atoms. The van der Waals surface area contributed by atoms with E-state index in [-0.39, 0.29) is 52.0 Å². The molecule has 3 N–H and O–H groups in total. The number of anilines is 3. The van der Waals surface area contributed by atoms with Gasteiger partial charge in [-0.25, -0.2) is 0 Å². The molecule has 7 rings (SSSR count). The predicted molar refractivity (Wildman–Crippen MR) is 291 cm³/mol. The van der Waals surface area contributed by atoms with Crippen molar-refractivity contribution in [2.24, 2.45) is 11.8 Å². The summed E-state index contributed by atoms with van der Waals surface area (Å²) in [7, 11) is 0. The maximum absolute atomic E-state index is 10.6. The van der Waals surface area contributed by atoms with Crippen molar-refractivity contribution in [1.29, 1.82) is 0 Å². The maximum atomic E-state index is 10.6. The van der Waals surface area contributed by atoms with Gasteiger partial charge in [0, 0.05) is 58.9 Å². The normalized spacial score (nSPS) is 26.4. The molecule has 0 atom stereocenters. The zero-order valence-electron chi connectivity index (χ0n) is 47.7. The Morgan fingerprint density at radius 2 is 0.789 bits per heavy atom. The van der Waals surface area contributed by atoms with E-state index < -0.39 is 0 Å². The smallest absolute Gasteiger partial charge is 0.232 e. The molecule has 1 aromatic heterocycles. The van der Waals surface area contributed by atoms with Crippen LogP contribution in [0, 0.1) is 11.8 Å². The van der Waals surface area contributed by atoms with Crippen LogP contribution in [-0.4, -0.2) is 119 Å². The molecular weight excluding hydrogens is 887 g/mol. The van der Waals surface area contributed by atoms with Crippen LogP contribution >= 0.6 is 0 Å². The van der Waals surface area contributed by atoms with E-state index in [0.717, 1.165) is 90.1 Å². The minimum Gasteiger partial charge on any atom is -0.395 e. The van der Waals surface area contributed by atoms with Crippen LogP contribution in [0.25, 0.3) is 0 Å². The van der Waals surface area contributed by atoms with E-state index in [1.807, 2.05) is 0 Å². The highest BCUT2D eigenvalue weighted by molar-refractivity contribution is 5.45. The highest BCUT2D eigenvalue weighted by atomic mass is 16.7. The van der Waals surface area contributed by atoms with Gasteiger partial charge in [0.05, 0.1) is 24.9 Å². The molecule has 3 saturated heterocycles. The lowest BCUT2D eigenvalue weighted by molar-refractivity contribution is -0.314. The summed E-state index contributed by atoms with van der Waals surface area (Å²) in [6.45, 7) is 30.5. The SMILES string of the molecule is CC1(C)CC(CCCCNc2nc(NCCCCC3CC(C)(C)N(OC4CCCCC4)C(C)(C)C3)nc(N(CCO)C3CC(C)(C)N(OC4CCCCC4)C(C)(C)C3)n2)CC(C)(C)N1OC1CCCCC1. The molecule has 3 aliphatic heterocycles. The monoisotopic (exact) mass is 994 g/mol. The van der Waals surface area contributed by atoms with E-state index in [0.29, 0.717) is 48.4 Å². The summed E-state index contributed by atoms with van der Waals surface area (Å²) in [5.74, 6) is 3.18. The third-order valence-electron chi connectivity index (χ3n) is 17.6. The minimum atomic E-state index is -0.223. The average Bonchev–Trinajstić information content (AvgIpc) is 3.29. The van der Waals surface area contributed by atoms with Crippen molar-refractivity contribution >= 4 is 17.8 Å². The summed E-state index contributed by atoms with van der Waals surface area (Å²) in [5.41, 5.74) is -0.423. The Kier molecular flexibility index (Phi) is 19.6. The molecule has 0 unspecified atom stereocenters. The molecule has 0 aromatic carbocycles. The minimum absolute atomic E-state index is 0.00555. The number of hydroxylamine groups is 6. The second-order valence-corrected chi connectivity index (χ2v) is 27.5. The van der Waals surface area contributed by atoms with Crippen LogP contribution in [0.1, 0.15) is 256 Å². The van der Waals surface area contributed by atoms with Gasteiger partial charge >= 0.3 is 0 Å². The molecule has 408 valence electrons. The molecule has 0 amide bonds. The summed E-state index contributed by atoms with van der Waals surface area (Å²) in [5, 5.41) is 25.1. The Labute approximate surface area is 433 Å². The first-order valence-electron chi connectivity index (χ1n) is 29.6. The van der Waals surface area contributed by atoms with Crippen LogP contribution in [0.5, 0.6) is 0 Å².